The first-order valence-electron chi connectivity index (χ1n) is 7.19. The summed E-state index contributed by atoms with van der Waals surface area (Å²) in [5.74, 6) is 3.66. The van der Waals surface area contributed by atoms with Gasteiger partial charge in [-0.25, -0.2) is 0 Å². The first-order valence-corrected chi connectivity index (χ1v) is 7.19. The fourth-order valence-corrected chi connectivity index (χ4v) is 2.31. The van der Waals surface area contributed by atoms with Crippen molar-refractivity contribution < 1.29 is 4.74 Å². The second-order valence-electron chi connectivity index (χ2n) is 4.91. The van der Waals surface area contributed by atoms with Gasteiger partial charge < -0.3 is 4.74 Å². The van der Waals surface area contributed by atoms with E-state index in [-0.39, 0.29) is 12.1 Å². The quantitative estimate of drug-likeness (QED) is 0.812. The summed E-state index contributed by atoms with van der Waals surface area (Å²) < 4.78 is 5.23. The van der Waals surface area contributed by atoms with Crippen molar-refractivity contribution in [2.45, 2.75) is 25.4 Å². The van der Waals surface area contributed by atoms with Gasteiger partial charge in [-0.05, 0) is 29.7 Å². The molecule has 2 unspecified atom stereocenters. The second-order valence-corrected chi connectivity index (χ2v) is 4.91. The average molecular weight is 279 g/mol. The lowest BCUT2D eigenvalue weighted by Crippen LogP contribution is -2.31. The molecule has 0 aromatic heterocycles. The highest BCUT2D eigenvalue weighted by molar-refractivity contribution is 5.36. The van der Waals surface area contributed by atoms with Crippen LogP contribution in [0.2, 0.25) is 0 Å². The molecule has 0 heterocycles. The van der Waals surface area contributed by atoms with Crippen LogP contribution in [0.25, 0.3) is 0 Å². The van der Waals surface area contributed by atoms with E-state index in [0.29, 0.717) is 0 Å². The highest BCUT2D eigenvalue weighted by Gasteiger charge is 2.16. The Morgan fingerprint density at radius 3 is 2.19 bits per heavy atom. The number of ether oxygens (including phenoxy) is 1. The van der Waals surface area contributed by atoms with Crippen molar-refractivity contribution in [3.8, 4) is 18.1 Å². The van der Waals surface area contributed by atoms with Gasteiger partial charge in [0.25, 0.3) is 0 Å². The van der Waals surface area contributed by atoms with Crippen LogP contribution >= 0.6 is 0 Å². The Hall–Kier alpha value is -2.24. The van der Waals surface area contributed by atoms with Crippen LogP contribution in [0.1, 0.15) is 30.5 Å². The lowest BCUT2D eigenvalue weighted by atomic mass is 9.97. The second kappa shape index (κ2) is 7.52. The molecule has 0 saturated heterocycles. The van der Waals surface area contributed by atoms with Gasteiger partial charge in [0.2, 0.25) is 0 Å². The Morgan fingerprint density at radius 2 is 1.67 bits per heavy atom. The van der Waals surface area contributed by atoms with Crippen molar-refractivity contribution in [2.75, 3.05) is 7.11 Å². The molecule has 2 nitrogen and oxygen atoms in total. The molecule has 2 aromatic carbocycles. The molecule has 21 heavy (non-hydrogen) atoms. The van der Waals surface area contributed by atoms with Crippen molar-refractivity contribution in [3.63, 3.8) is 0 Å². The van der Waals surface area contributed by atoms with Crippen LogP contribution in [0.4, 0.5) is 0 Å². The minimum Gasteiger partial charge on any atom is -0.497 e. The van der Waals surface area contributed by atoms with Gasteiger partial charge in [-0.3, -0.25) is 5.32 Å². The van der Waals surface area contributed by atoms with Crippen LogP contribution < -0.4 is 10.1 Å². The molecule has 0 aliphatic heterocycles. The minimum absolute atomic E-state index is 0.0531. The number of rotatable bonds is 6. The Balaban J connectivity index is 2.33. The number of benzene rings is 2. The summed E-state index contributed by atoms with van der Waals surface area (Å²) in [4.78, 5) is 0. The van der Waals surface area contributed by atoms with Crippen molar-refractivity contribution >= 4 is 0 Å². The van der Waals surface area contributed by atoms with Crippen LogP contribution in [-0.4, -0.2) is 13.2 Å². The zero-order chi connectivity index (χ0) is 15.1. The van der Waals surface area contributed by atoms with Crippen LogP contribution in [0.5, 0.6) is 5.75 Å². The van der Waals surface area contributed by atoms with E-state index in [2.05, 4.69) is 42.4 Å². The van der Waals surface area contributed by atoms with E-state index in [9.17, 15) is 0 Å². The number of nitrogens with one attached hydrogen (secondary N) is 1. The summed E-state index contributed by atoms with van der Waals surface area (Å²) in [5, 5.41) is 3.55. The zero-order valence-corrected chi connectivity index (χ0v) is 12.5. The topological polar surface area (TPSA) is 21.3 Å². The van der Waals surface area contributed by atoms with Crippen molar-refractivity contribution in [1.29, 1.82) is 0 Å². The van der Waals surface area contributed by atoms with Crippen molar-refractivity contribution in [2.24, 2.45) is 0 Å². The molecule has 0 amide bonds. The normalized spacial score (nSPS) is 13.2. The first kappa shape index (κ1) is 15.2. The third-order valence-corrected chi connectivity index (χ3v) is 3.56. The Bertz CT molecular complexity index is 583. The molecule has 0 aliphatic rings. The predicted molar refractivity (Wildman–Crippen MR) is 87.3 cm³/mol. The molecule has 0 aliphatic carbocycles. The van der Waals surface area contributed by atoms with Gasteiger partial charge in [0.1, 0.15) is 5.75 Å². The number of methoxy groups -OCH3 is 1. The van der Waals surface area contributed by atoms with Gasteiger partial charge in [0.15, 0.2) is 0 Å². The predicted octanol–water partition coefficient (Wildman–Crippen LogP) is 3.79. The third kappa shape index (κ3) is 3.87. The summed E-state index contributed by atoms with van der Waals surface area (Å²) in [6.45, 7) is 2.09. The zero-order valence-electron chi connectivity index (χ0n) is 12.5. The summed E-state index contributed by atoms with van der Waals surface area (Å²) in [6.07, 6.45) is 6.50. The van der Waals surface area contributed by atoms with E-state index in [0.717, 1.165) is 12.2 Å². The largest absolute Gasteiger partial charge is 0.497 e. The molecule has 2 atom stereocenters. The maximum Gasteiger partial charge on any atom is 0.118 e. The summed E-state index contributed by atoms with van der Waals surface area (Å²) >= 11 is 0. The molecular formula is C19H21NO. The van der Waals surface area contributed by atoms with Gasteiger partial charge in [-0.1, -0.05) is 55.3 Å². The van der Waals surface area contributed by atoms with E-state index in [1.165, 1.54) is 11.1 Å². The molecule has 2 rings (SSSR count). The van der Waals surface area contributed by atoms with Crippen LogP contribution in [-0.2, 0) is 0 Å². The van der Waals surface area contributed by atoms with E-state index in [1.807, 2.05) is 30.3 Å². The minimum atomic E-state index is 0.0531. The first-order chi connectivity index (χ1) is 10.3. The molecule has 0 saturated carbocycles. The highest BCUT2D eigenvalue weighted by Crippen LogP contribution is 2.24. The molecule has 2 aromatic rings. The van der Waals surface area contributed by atoms with Gasteiger partial charge in [0.05, 0.1) is 19.2 Å². The molecule has 0 spiro atoms. The fraction of sp³-hybridized carbons (Fsp3) is 0.263. The molecule has 0 fully saturated rings. The summed E-state index contributed by atoms with van der Waals surface area (Å²) in [7, 11) is 1.67. The molecule has 108 valence electrons. The SMILES string of the molecule is C#CC(CC)NC(c1ccccc1)c1ccc(OC)cc1. The Morgan fingerprint density at radius 1 is 1.05 bits per heavy atom. The van der Waals surface area contributed by atoms with E-state index >= 15 is 0 Å². The van der Waals surface area contributed by atoms with E-state index < -0.39 is 0 Å². The van der Waals surface area contributed by atoms with Crippen molar-refractivity contribution in [1.82, 2.24) is 5.32 Å². The Kier molecular flexibility index (Phi) is 5.43. The van der Waals surface area contributed by atoms with Crippen LogP contribution in [0.15, 0.2) is 54.6 Å². The lowest BCUT2D eigenvalue weighted by molar-refractivity contribution is 0.414. The Labute approximate surface area is 127 Å². The van der Waals surface area contributed by atoms with E-state index in [4.69, 9.17) is 11.2 Å². The fourth-order valence-electron chi connectivity index (χ4n) is 2.31. The number of terminal acetylenes is 1. The summed E-state index contributed by atoms with van der Waals surface area (Å²) in [6, 6.07) is 18.6. The van der Waals surface area contributed by atoms with Gasteiger partial charge in [-0.2, -0.15) is 0 Å². The summed E-state index contributed by atoms with van der Waals surface area (Å²) in [5.41, 5.74) is 2.38. The maximum absolute atomic E-state index is 5.60. The van der Waals surface area contributed by atoms with Crippen molar-refractivity contribution in [3.05, 3.63) is 65.7 Å². The average Bonchev–Trinajstić information content (AvgIpc) is 2.57. The molecule has 2 heteroatoms. The smallest absolute Gasteiger partial charge is 0.118 e. The van der Waals surface area contributed by atoms with Gasteiger partial charge in [-0.15, -0.1) is 6.42 Å². The monoisotopic (exact) mass is 279 g/mol. The van der Waals surface area contributed by atoms with Crippen LogP contribution in [0, 0.1) is 12.3 Å². The highest BCUT2D eigenvalue weighted by atomic mass is 16.5. The number of hydrogen-bond acceptors (Lipinski definition) is 2. The molecule has 0 radical (unpaired) electrons. The lowest BCUT2D eigenvalue weighted by Gasteiger charge is -2.23. The number of hydrogen-bond donors (Lipinski definition) is 1. The van der Waals surface area contributed by atoms with E-state index in [1.54, 1.807) is 7.11 Å². The van der Waals surface area contributed by atoms with Crippen LogP contribution in [0.3, 0.4) is 0 Å². The maximum atomic E-state index is 5.60. The standard InChI is InChI=1S/C19H21NO/c1-4-17(5-2)20-19(15-9-7-6-8-10-15)16-11-13-18(21-3)14-12-16/h1,6-14,17,19-20H,5H2,2-3H3. The van der Waals surface area contributed by atoms with Gasteiger partial charge >= 0.3 is 0 Å². The molecule has 0 bridgehead atoms. The van der Waals surface area contributed by atoms with Gasteiger partial charge in [0, 0.05) is 0 Å². The molecule has 1 N–H and O–H groups in total. The third-order valence-electron chi connectivity index (χ3n) is 3.56. The molecular weight excluding hydrogens is 258 g/mol.